The number of hydrogen-bond donors (Lipinski definition) is 1. The van der Waals surface area contributed by atoms with E-state index in [4.69, 9.17) is 9.47 Å². The highest BCUT2D eigenvalue weighted by Gasteiger charge is 2.49. The number of carbonyl (C=O) groups is 3. The van der Waals surface area contributed by atoms with Gasteiger partial charge in [-0.05, 0) is 108 Å². The molecule has 1 amide bonds. The molecule has 0 unspecified atom stereocenters. The summed E-state index contributed by atoms with van der Waals surface area (Å²) in [4.78, 5) is 43.3. The minimum Gasteiger partial charge on any atom is -0.490 e. The molecule has 0 aromatic heterocycles. The van der Waals surface area contributed by atoms with Crippen LogP contribution in [-0.2, 0) is 14.4 Å². The lowest BCUT2D eigenvalue weighted by atomic mass is 9.63. The third kappa shape index (κ3) is 6.83. The number of halogens is 1. The van der Waals surface area contributed by atoms with Crippen LogP contribution < -0.4 is 14.8 Å². The first-order valence-electron chi connectivity index (χ1n) is 16.4. The van der Waals surface area contributed by atoms with Crippen molar-refractivity contribution < 1.29 is 23.9 Å². The van der Waals surface area contributed by atoms with Crippen LogP contribution in [0.1, 0.15) is 96.3 Å². The van der Waals surface area contributed by atoms with Crippen molar-refractivity contribution >= 4 is 39.1 Å². The minimum atomic E-state index is -0.497. The number of amides is 1. The molecule has 8 heteroatoms. The highest BCUT2D eigenvalue weighted by molar-refractivity contribution is 9.10. The lowest BCUT2D eigenvalue weighted by Gasteiger charge is -2.49. The van der Waals surface area contributed by atoms with Crippen molar-refractivity contribution in [1.29, 1.82) is 0 Å². The van der Waals surface area contributed by atoms with Crippen molar-refractivity contribution in [1.82, 2.24) is 4.90 Å². The van der Waals surface area contributed by atoms with E-state index < -0.39 is 5.92 Å². The van der Waals surface area contributed by atoms with E-state index in [1.165, 1.54) is 0 Å². The number of nitrogens with one attached hydrogen (secondary N) is 1. The zero-order valence-electron chi connectivity index (χ0n) is 28.5. The van der Waals surface area contributed by atoms with Gasteiger partial charge in [-0.3, -0.25) is 14.4 Å². The Bertz CT molecular complexity index is 1600. The first kappa shape index (κ1) is 34.0. The van der Waals surface area contributed by atoms with Crippen molar-refractivity contribution in [2.75, 3.05) is 25.1 Å². The van der Waals surface area contributed by atoms with E-state index in [1.807, 2.05) is 51.1 Å². The standard InChI is InChI=1S/C38H47BrN2O5/c1-9-13-41-27-17-37(5,6)19-29(42)34(27)33(35-28(41)18-38(7,8)20-30(35)43)24-15-26(39)36(31(16-24)45-10-2)46-21-32(44)40-25-12-11-22(3)23(4)14-25/h11-12,14-16,33H,9-10,13,17-21H2,1-8H3,(H,40,44). The fourth-order valence-electron chi connectivity index (χ4n) is 7.19. The molecule has 0 spiro atoms. The first-order chi connectivity index (χ1) is 21.6. The summed E-state index contributed by atoms with van der Waals surface area (Å²) in [5.74, 6) is 0.263. The van der Waals surface area contributed by atoms with Gasteiger partial charge in [-0.2, -0.15) is 0 Å². The van der Waals surface area contributed by atoms with Gasteiger partial charge in [0, 0.05) is 53.5 Å². The Hall–Kier alpha value is -3.39. The van der Waals surface area contributed by atoms with Crippen molar-refractivity contribution in [3.8, 4) is 11.5 Å². The maximum atomic E-state index is 14.1. The van der Waals surface area contributed by atoms with Crippen LogP contribution in [0.25, 0.3) is 0 Å². The molecule has 0 bridgehead atoms. The van der Waals surface area contributed by atoms with Crippen LogP contribution in [-0.4, -0.2) is 42.1 Å². The second-order valence-electron chi connectivity index (χ2n) is 14.6. The number of benzene rings is 2. The Morgan fingerprint density at radius 3 is 2.04 bits per heavy atom. The normalized spacial score (nSPS) is 19.2. The molecule has 1 aliphatic heterocycles. The number of rotatable bonds is 9. The van der Waals surface area contributed by atoms with Crippen LogP contribution in [0.2, 0.25) is 0 Å². The Balaban J connectivity index is 1.56. The highest BCUT2D eigenvalue weighted by Crippen LogP contribution is 2.55. The maximum Gasteiger partial charge on any atom is 0.262 e. The van der Waals surface area contributed by atoms with Crippen LogP contribution in [0, 0.1) is 24.7 Å². The van der Waals surface area contributed by atoms with Gasteiger partial charge in [0.15, 0.2) is 29.7 Å². The monoisotopic (exact) mass is 690 g/mol. The topological polar surface area (TPSA) is 84.9 Å². The lowest BCUT2D eigenvalue weighted by Crippen LogP contribution is -2.44. The van der Waals surface area contributed by atoms with Crippen molar-refractivity contribution in [3.63, 3.8) is 0 Å². The fourth-order valence-corrected chi connectivity index (χ4v) is 7.76. The number of hydrogen-bond acceptors (Lipinski definition) is 6. The summed E-state index contributed by atoms with van der Waals surface area (Å²) in [5.41, 5.74) is 6.97. The predicted molar refractivity (Wildman–Crippen MR) is 185 cm³/mol. The number of carbonyl (C=O) groups excluding carboxylic acids is 3. The van der Waals surface area contributed by atoms with Gasteiger partial charge in [-0.25, -0.2) is 0 Å². The molecule has 0 saturated carbocycles. The van der Waals surface area contributed by atoms with Gasteiger partial charge < -0.3 is 19.7 Å². The summed E-state index contributed by atoms with van der Waals surface area (Å²) < 4.78 is 12.7. The number of aryl methyl sites for hydroxylation is 2. The van der Waals surface area contributed by atoms with Gasteiger partial charge in [-0.15, -0.1) is 0 Å². The van der Waals surface area contributed by atoms with E-state index in [0.717, 1.165) is 65.0 Å². The van der Waals surface area contributed by atoms with Crippen LogP contribution in [0.15, 0.2) is 57.3 Å². The van der Waals surface area contributed by atoms with E-state index in [-0.39, 0.29) is 34.9 Å². The van der Waals surface area contributed by atoms with Gasteiger partial charge in [0.1, 0.15) is 0 Å². The molecule has 5 rings (SSSR count). The van der Waals surface area contributed by atoms with Gasteiger partial charge in [0.05, 0.1) is 11.1 Å². The molecule has 46 heavy (non-hydrogen) atoms. The molecule has 0 fully saturated rings. The maximum absolute atomic E-state index is 14.1. The summed E-state index contributed by atoms with van der Waals surface area (Å²) >= 11 is 3.70. The van der Waals surface area contributed by atoms with Crippen molar-refractivity contribution in [3.05, 3.63) is 74.0 Å². The second-order valence-corrected chi connectivity index (χ2v) is 15.4. The summed E-state index contributed by atoms with van der Waals surface area (Å²) in [6.45, 7) is 17.6. The van der Waals surface area contributed by atoms with Crippen LogP contribution in [0.4, 0.5) is 5.69 Å². The molecule has 1 heterocycles. The largest absolute Gasteiger partial charge is 0.490 e. The zero-order chi connectivity index (χ0) is 33.6. The van der Waals surface area contributed by atoms with Gasteiger partial charge in [0.2, 0.25) is 0 Å². The molecule has 0 saturated heterocycles. The van der Waals surface area contributed by atoms with Gasteiger partial charge >= 0.3 is 0 Å². The van der Waals surface area contributed by atoms with Crippen LogP contribution in [0.3, 0.4) is 0 Å². The first-order valence-corrected chi connectivity index (χ1v) is 17.2. The van der Waals surface area contributed by atoms with E-state index >= 15 is 0 Å². The fraction of sp³-hybridized carbons (Fsp3) is 0.500. The van der Waals surface area contributed by atoms with E-state index in [0.29, 0.717) is 41.1 Å². The molecule has 2 aliphatic carbocycles. The summed E-state index contributed by atoms with van der Waals surface area (Å²) in [5, 5.41) is 2.90. The summed E-state index contributed by atoms with van der Waals surface area (Å²) in [7, 11) is 0. The predicted octanol–water partition coefficient (Wildman–Crippen LogP) is 8.58. The van der Waals surface area contributed by atoms with E-state index in [2.05, 4.69) is 60.8 Å². The van der Waals surface area contributed by atoms with Crippen LogP contribution in [0.5, 0.6) is 11.5 Å². The smallest absolute Gasteiger partial charge is 0.262 e. The number of ether oxygens (including phenoxy) is 2. The number of ketones is 2. The Kier molecular flexibility index (Phi) is 9.61. The third-order valence-corrected chi connectivity index (χ3v) is 9.86. The van der Waals surface area contributed by atoms with Crippen LogP contribution >= 0.6 is 15.9 Å². The van der Waals surface area contributed by atoms with Gasteiger partial charge in [-0.1, -0.05) is 40.7 Å². The summed E-state index contributed by atoms with van der Waals surface area (Å²) in [6.07, 6.45) is 3.31. The third-order valence-electron chi connectivity index (χ3n) is 9.27. The molecular weight excluding hydrogens is 644 g/mol. The molecule has 246 valence electrons. The summed E-state index contributed by atoms with van der Waals surface area (Å²) in [6, 6.07) is 9.59. The Morgan fingerprint density at radius 1 is 0.891 bits per heavy atom. The molecule has 1 N–H and O–H groups in total. The number of anilines is 1. The van der Waals surface area contributed by atoms with Crippen molar-refractivity contribution in [2.24, 2.45) is 10.8 Å². The minimum absolute atomic E-state index is 0.0963. The van der Waals surface area contributed by atoms with Crippen molar-refractivity contribution in [2.45, 2.75) is 93.4 Å². The number of nitrogens with zero attached hydrogens (tertiary/aromatic N) is 1. The molecule has 0 atom stereocenters. The molecule has 0 radical (unpaired) electrons. The van der Waals surface area contributed by atoms with E-state index in [9.17, 15) is 14.4 Å². The lowest BCUT2D eigenvalue weighted by molar-refractivity contribution is -0.120. The average molecular weight is 692 g/mol. The van der Waals surface area contributed by atoms with E-state index in [1.54, 1.807) is 0 Å². The Morgan fingerprint density at radius 2 is 1.50 bits per heavy atom. The number of Topliss-reactive ketones (excluding diaryl/α,β-unsaturated/α-hetero) is 2. The molecule has 7 nitrogen and oxygen atoms in total. The zero-order valence-corrected chi connectivity index (χ0v) is 30.1. The average Bonchev–Trinajstić information content (AvgIpc) is 2.94. The number of allylic oxidation sites excluding steroid dienone is 4. The molecule has 2 aromatic rings. The SMILES string of the molecule is CCCN1C2=C(C(=O)CC(C)(C)C2)C(c2cc(Br)c(OCC(=O)Nc3ccc(C)c(C)c3)c(OCC)c2)C2=C1CC(C)(C)CC2=O. The Labute approximate surface area is 281 Å². The molecular formula is C38H47BrN2O5. The highest BCUT2D eigenvalue weighted by atomic mass is 79.9. The second kappa shape index (κ2) is 13.0. The quantitative estimate of drug-likeness (QED) is 0.284. The molecule has 2 aromatic carbocycles. The van der Waals surface area contributed by atoms with Gasteiger partial charge in [0.25, 0.3) is 5.91 Å². The molecule has 3 aliphatic rings.